The maximum atomic E-state index is 12.4. The highest BCUT2D eigenvalue weighted by molar-refractivity contribution is 5.87. The predicted molar refractivity (Wildman–Crippen MR) is 91.5 cm³/mol. The van der Waals surface area contributed by atoms with E-state index in [0.29, 0.717) is 18.8 Å². The molecule has 0 radical (unpaired) electrons. The van der Waals surface area contributed by atoms with Crippen LogP contribution in [0, 0.1) is 19.8 Å². The molecule has 1 fully saturated rings. The Balaban J connectivity index is 1.64. The van der Waals surface area contributed by atoms with Crippen molar-refractivity contribution in [1.82, 2.24) is 4.90 Å². The van der Waals surface area contributed by atoms with Crippen molar-refractivity contribution in [3.8, 4) is 5.75 Å². The molecule has 1 amide bonds. The monoisotopic (exact) mass is 323 g/mol. The fraction of sp³-hybridized carbons (Fsp3) is 0.300. The van der Waals surface area contributed by atoms with Crippen LogP contribution in [-0.4, -0.2) is 23.3 Å². The smallest absolute Gasteiger partial charge is 0.316 e. The minimum Gasteiger partial charge on any atom is -0.426 e. The van der Waals surface area contributed by atoms with Gasteiger partial charge in [-0.25, -0.2) is 0 Å². The molecule has 1 atom stereocenters. The van der Waals surface area contributed by atoms with E-state index in [4.69, 9.17) is 4.74 Å². The normalized spacial score (nSPS) is 17.2. The van der Waals surface area contributed by atoms with Gasteiger partial charge in [-0.05, 0) is 36.6 Å². The Kier molecular flexibility index (Phi) is 4.65. The van der Waals surface area contributed by atoms with Crippen LogP contribution in [0.3, 0.4) is 0 Å². The maximum Gasteiger partial charge on any atom is 0.316 e. The number of hydrogen-bond donors (Lipinski definition) is 0. The summed E-state index contributed by atoms with van der Waals surface area (Å²) in [6, 6.07) is 15.4. The summed E-state index contributed by atoms with van der Waals surface area (Å²) in [5, 5.41) is 0. The SMILES string of the molecule is Cc1cccc(OC(=O)[C@H]2CC(=O)N(Cc3ccccc3)C2)c1C. The van der Waals surface area contributed by atoms with Gasteiger partial charge in [-0.3, -0.25) is 9.59 Å². The molecule has 0 bridgehead atoms. The predicted octanol–water partition coefficient (Wildman–Crippen LogP) is 3.26. The molecule has 1 aliphatic heterocycles. The fourth-order valence-corrected chi connectivity index (χ4v) is 2.91. The number of rotatable bonds is 4. The summed E-state index contributed by atoms with van der Waals surface area (Å²) >= 11 is 0. The van der Waals surface area contributed by atoms with Crippen molar-refractivity contribution in [3.63, 3.8) is 0 Å². The molecule has 0 N–H and O–H groups in total. The van der Waals surface area contributed by atoms with Crippen LogP contribution in [0.4, 0.5) is 0 Å². The minimum absolute atomic E-state index is 0.00164. The van der Waals surface area contributed by atoms with E-state index >= 15 is 0 Å². The van der Waals surface area contributed by atoms with Crippen LogP contribution in [0.1, 0.15) is 23.1 Å². The highest BCUT2D eigenvalue weighted by Crippen LogP contribution is 2.25. The Morgan fingerprint density at radius 2 is 1.88 bits per heavy atom. The average molecular weight is 323 g/mol. The topological polar surface area (TPSA) is 46.6 Å². The van der Waals surface area contributed by atoms with Crippen LogP contribution < -0.4 is 4.74 Å². The molecule has 0 spiro atoms. The number of ether oxygens (including phenoxy) is 1. The molecule has 0 saturated carbocycles. The molecule has 4 nitrogen and oxygen atoms in total. The Labute approximate surface area is 142 Å². The summed E-state index contributed by atoms with van der Waals surface area (Å²) in [5.74, 6) is -0.149. The van der Waals surface area contributed by atoms with Gasteiger partial charge in [0.25, 0.3) is 0 Å². The fourth-order valence-electron chi connectivity index (χ4n) is 2.91. The second kappa shape index (κ2) is 6.87. The first kappa shape index (κ1) is 16.2. The van der Waals surface area contributed by atoms with Gasteiger partial charge in [-0.15, -0.1) is 0 Å². The van der Waals surface area contributed by atoms with Crippen LogP contribution in [-0.2, 0) is 16.1 Å². The zero-order chi connectivity index (χ0) is 17.1. The summed E-state index contributed by atoms with van der Waals surface area (Å²) < 4.78 is 5.54. The number of hydrogen-bond acceptors (Lipinski definition) is 3. The third kappa shape index (κ3) is 3.48. The van der Waals surface area contributed by atoms with Crippen LogP contribution in [0.25, 0.3) is 0 Å². The summed E-state index contributed by atoms with van der Waals surface area (Å²) in [5.41, 5.74) is 3.10. The molecule has 2 aromatic carbocycles. The largest absolute Gasteiger partial charge is 0.426 e. The first-order valence-electron chi connectivity index (χ1n) is 8.14. The molecule has 0 aliphatic carbocycles. The molecular formula is C20H21NO3. The van der Waals surface area contributed by atoms with Gasteiger partial charge in [0, 0.05) is 19.5 Å². The van der Waals surface area contributed by atoms with Gasteiger partial charge < -0.3 is 9.64 Å². The molecule has 2 aromatic rings. The lowest BCUT2D eigenvalue weighted by molar-refractivity contribution is -0.139. The molecule has 3 rings (SSSR count). The Morgan fingerprint density at radius 3 is 2.62 bits per heavy atom. The highest BCUT2D eigenvalue weighted by Gasteiger charge is 2.35. The van der Waals surface area contributed by atoms with E-state index in [1.807, 2.05) is 56.3 Å². The number of nitrogens with zero attached hydrogens (tertiary/aromatic N) is 1. The van der Waals surface area contributed by atoms with Crippen molar-refractivity contribution in [2.75, 3.05) is 6.54 Å². The van der Waals surface area contributed by atoms with Crippen molar-refractivity contribution in [3.05, 3.63) is 65.2 Å². The summed E-state index contributed by atoms with van der Waals surface area (Å²) in [7, 11) is 0. The van der Waals surface area contributed by atoms with Crippen LogP contribution in [0.15, 0.2) is 48.5 Å². The number of esters is 1. The highest BCUT2D eigenvalue weighted by atomic mass is 16.5. The third-order valence-corrected chi connectivity index (χ3v) is 4.53. The van der Waals surface area contributed by atoms with Crippen molar-refractivity contribution in [2.45, 2.75) is 26.8 Å². The number of aryl methyl sites for hydroxylation is 1. The standard InChI is InChI=1S/C20H21NO3/c1-14-7-6-10-18(15(14)2)24-20(23)17-11-19(22)21(13-17)12-16-8-4-3-5-9-16/h3-10,17H,11-13H2,1-2H3/t17-/m0/s1. The van der Waals surface area contributed by atoms with Crippen LogP contribution in [0.2, 0.25) is 0 Å². The molecule has 124 valence electrons. The van der Waals surface area contributed by atoms with E-state index in [-0.39, 0.29) is 18.3 Å². The van der Waals surface area contributed by atoms with Gasteiger partial charge in [-0.1, -0.05) is 42.5 Å². The van der Waals surface area contributed by atoms with Gasteiger partial charge in [0.05, 0.1) is 5.92 Å². The second-order valence-electron chi connectivity index (χ2n) is 6.28. The van der Waals surface area contributed by atoms with Crippen LogP contribution in [0.5, 0.6) is 5.75 Å². The molecule has 0 unspecified atom stereocenters. The average Bonchev–Trinajstić information content (AvgIpc) is 2.94. The van der Waals surface area contributed by atoms with Crippen LogP contribution >= 0.6 is 0 Å². The lowest BCUT2D eigenvalue weighted by Gasteiger charge is -2.16. The van der Waals surface area contributed by atoms with Crippen molar-refractivity contribution >= 4 is 11.9 Å². The van der Waals surface area contributed by atoms with E-state index in [1.165, 1.54) is 0 Å². The third-order valence-electron chi connectivity index (χ3n) is 4.53. The number of carbonyl (C=O) groups is 2. The first-order valence-corrected chi connectivity index (χ1v) is 8.14. The number of amides is 1. The maximum absolute atomic E-state index is 12.4. The first-order chi connectivity index (χ1) is 11.5. The van der Waals surface area contributed by atoms with E-state index in [2.05, 4.69) is 0 Å². The zero-order valence-electron chi connectivity index (χ0n) is 14.0. The number of carbonyl (C=O) groups excluding carboxylic acids is 2. The van der Waals surface area contributed by atoms with Gasteiger partial charge in [0.1, 0.15) is 5.75 Å². The van der Waals surface area contributed by atoms with Gasteiger partial charge >= 0.3 is 5.97 Å². The second-order valence-corrected chi connectivity index (χ2v) is 6.28. The summed E-state index contributed by atoms with van der Waals surface area (Å²) in [6.07, 6.45) is 0.219. The van der Waals surface area contributed by atoms with Gasteiger partial charge in [0.15, 0.2) is 0 Å². The van der Waals surface area contributed by atoms with E-state index in [0.717, 1.165) is 16.7 Å². The summed E-state index contributed by atoms with van der Waals surface area (Å²) in [6.45, 7) is 4.86. The minimum atomic E-state index is -0.402. The molecule has 1 heterocycles. The zero-order valence-corrected chi connectivity index (χ0v) is 14.0. The Hall–Kier alpha value is -2.62. The van der Waals surface area contributed by atoms with Gasteiger partial charge in [-0.2, -0.15) is 0 Å². The van der Waals surface area contributed by atoms with Crippen molar-refractivity contribution in [2.24, 2.45) is 5.92 Å². The number of benzene rings is 2. The Bertz CT molecular complexity index is 755. The molecule has 24 heavy (non-hydrogen) atoms. The summed E-state index contributed by atoms with van der Waals surface area (Å²) in [4.78, 5) is 26.3. The Morgan fingerprint density at radius 1 is 1.12 bits per heavy atom. The van der Waals surface area contributed by atoms with E-state index in [9.17, 15) is 9.59 Å². The molecule has 0 aromatic heterocycles. The number of likely N-dealkylation sites (tertiary alicyclic amines) is 1. The lowest BCUT2D eigenvalue weighted by atomic mass is 10.1. The molecule has 4 heteroatoms. The molecule has 1 saturated heterocycles. The quantitative estimate of drug-likeness (QED) is 0.641. The van der Waals surface area contributed by atoms with E-state index < -0.39 is 5.92 Å². The van der Waals surface area contributed by atoms with Gasteiger partial charge in [0.2, 0.25) is 5.91 Å². The molecule has 1 aliphatic rings. The van der Waals surface area contributed by atoms with Crippen molar-refractivity contribution < 1.29 is 14.3 Å². The van der Waals surface area contributed by atoms with Crippen molar-refractivity contribution in [1.29, 1.82) is 0 Å². The van der Waals surface area contributed by atoms with E-state index in [1.54, 1.807) is 11.0 Å². The lowest BCUT2D eigenvalue weighted by Crippen LogP contribution is -2.27. The molecular weight excluding hydrogens is 302 g/mol.